The maximum atomic E-state index is 12.2. The predicted molar refractivity (Wildman–Crippen MR) is 103 cm³/mol. The third kappa shape index (κ3) is 4.08. The van der Waals surface area contributed by atoms with Crippen molar-refractivity contribution in [3.05, 3.63) is 76.5 Å². The van der Waals surface area contributed by atoms with Crippen LogP contribution in [-0.4, -0.2) is 29.8 Å². The number of hydrazone groups is 1. The molecule has 0 radical (unpaired) electrons. The van der Waals surface area contributed by atoms with Crippen LogP contribution in [0.25, 0.3) is 11.3 Å². The van der Waals surface area contributed by atoms with Crippen LogP contribution in [0.3, 0.4) is 0 Å². The molecule has 0 aliphatic carbocycles. The first kappa shape index (κ1) is 18.2. The second kappa shape index (κ2) is 7.85. The van der Waals surface area contributed by atoms with E-state index in [-0.39, 0.29) is 12.3 Å². The topological polar surface area (TPSA) is 116 Å². The third-order valence-electron chi connectivity index (χ3n) is 4.16. The van der Waals surface area contributed by atoms with E-state index in [1.54, 1.807) is 42.5 Å². The zero-order valence-electron chi connectivity index (χ0n) is 15.0. The van der Waals surface area contributed by atoms with E-state index in [4.69, 9.17) is 13.9 Å². The fourth-order valence-corrected chi connectivity index (χ4v) is 2.71. The van der Waals surface area contributed by atoms with Gasteiger partial charge >= 0.3 is 0 Å². The number of para-hydroxylation sites is 2. The van der Waals surface area contributed by atoms with E-state index in [1.807, 2.05) is 6.07 Å². The smallest absolute Gasteiger partial charge is 0.284 e. The Balaban J connectivity index is 1.35. The van der Waals surface area contributed by atoms with Gasteiger partial charge in [0, 0.05) is 17.7 Å². The van der Waals surface area contributed by atoms with E-state index in [0.717, 1.165) is 0 Å². The van der Waals surface area contributed by atoms with Crippen LogP contribution in [0, 0.1) is 10.1 Å². The highest BCUT2D eigenvalue weighted by Gasteiger charge is 2.27. The van der Waals surface area contributed by atoms with Crippen molar-refractivity contribution in [3.63, 3.8) is 0 Å². The van der Waals surface area contributed by atoms with Gasteiger partial charge in [0.1, 0.15) is 18.1 Å². The highest BCUT2D eigenvalue weighted by atomic mass is 16.6. The molecule has 2 heterocycles. The number of rotatable bonds is 5. The molecule has 2 aromatic carbocycles. The zero-order valence-corrected chi connectivity index (χ0v) is 15.0. The van der Waals surface area contributed by atoms with Crippen LogP contribution in [0.4, 0.5) is 5.69 Å². The molecular formula is C20H15N3O6. The van der Waals surface area contributed by atoms with E-state index in [1.165, 1.54) is 18.3 Å². The van der Waals surface area contributed by atoms with E-state index in [9.17, 15) is 14.9 Å². The molecule has 1 aliphatic heterocycles. The summed E-state index contributed by atoms with van der Waals surface area (Å²) in [6.07, 6.45) is 0.541. The number of hydrogen-bond donors (Lipinski definition) is 1. The minimum Gasteiger partial charge on any atom is -0.485 e. The van der Waals surface area contributed by atoms with Crippen LogP contribution in [0.2, 0.25) is 0 Å². The fourth-order valence-electron chi connectivity index (χ4n) is 2.71. The number of nitro groups is 1. The van der Waals surface area contributed by atoms with Crippen molar-refractivity contribution in [2.24, 2.45) is 5.10 Å². The maximum Gasteiger partial charge on any atom is 0.284 e. The number of nitrogens with zero attached hydrogens (tertiary/aromatic N) is 2. The average molecular weight is 393 g/mol. The van der Waals surface area contributed by atoms with Crippen molar-refractivity contribution in [1.29, 1.82) is 0 Å². The number of ether oxygens (including phenoxy) is 2. The summed E-state index contributed by atoms with van der Waals surface area (Å²) < 4.78 is 16.7. The summed E-state index contributed by atoms with van der Waals surface area (Å²) in [5, 5.41) is 14.6. The monoisotopic (exact) mass is 393 g/mol. The molecule has 0 saturated carbocycles. The van der Waals surface area contributed by atoms with Crippen molar-refractivity contribution in [3.8, 4) is 22.8 Å². The first-order valence-electron chi connectivity index (χ1n) is 8.66. The lowest BCUT2D eigenvalue weighted by Gasteiger charge is -2.24. The molecule has 0 saturated heterocycles. The van der Waals surface area contributed by atoms with Gasteiger partial charge in [0.15, 0.2) is 11.5 Å². The van der Waals surface area contributed by atoms with Crippen molar-refractivity contribution < 1.29 is 23.6 Å². The van der Waals surface area contributed by atoms with Crippen LogP contribution >= 0.6 is 0 Å². The minimum atomic E-state index is -0.811. The summed E-state index contributed by atoms with van der Waals surface area (Å²) in [5.41, 5.74) is 3.08. The Hall–Kier alpha value is -4.14. The molecule has 9 nitrogen and oxygen atoms in total. The lowest BCUT2D eigenvalue weighted by molar-refractivity contribution is -0.384. The van der Waals surface area contributed by atoms with Gasteiger partial charge in [-0.3, -0.25) is 14.9 Å². The van der Waals surface area contributed by atoms with E-state index in [0.29, 0.717) is 28.6 Å². The second-order valence-corrected chi connectivity index (χ2v) is 6.10. The summed E-state index contributed by atoms with van der Waals surface area (Å²) in [6, 6.07) is 16.5. The van der Waals surface area contributed by atoms with Gasteiger partial charge < -0.3 is 13.9 Å². The summed E-state index contributed by atoms with van der Waals surface area (Å²) in [4.78, 5) is 22.4. The number of amides is 1. The molecule has 1 amide bonds. The second-order valence-electron chi connectivity index (χ2n) is 6.10. The molecule has 0 spiro atoms. The number of fused-ring (bicyclic) bond motifs is 1. The van der Waals surface area contributed by atoms with Crippen molar-refractivity contribution in [2.45, 2.75) is 6.10 Å². The van der Waals surface area contributed by atoms with Gasteiger partial charge in [0.2, 0.25) is 6.10 Å². The highest BCUT2D eigenvalue weighted by Crippen LogP contribution is 2.30. The molecule has 146 valence electrons. The number of nitrogens with one attached hydrogen (secondary N) is 1. The fraction of sp³-hybridized carbons (Fsp3) is 0.100. The number of non-ortho nitro benzene ring substituents is 1. The molecule has 1 aromatic heterocycles. The summed E-state index contributed by atoms with van der Waals surface area (Å²) in [5.74, 6) is 1.58. The normalized spacial score (nSPS) is 15.2. The molecule has 1 atom stereocenters. The van der Waals surface area contributed by atoms with E-state index >= 15 is 0 Å². The van der Waals surface area contributed by atoms with Gasteiger partial charge in [-0.05, 0) is 36.4 Å². The SMILES string of the molecule is O=C(N/N=C\c1ccc(-c2ccc([N+](=O)[O-])cc2)o1)[C@@H]1COc2ccccc2O1. The molecule has 1 N–H and O–H groups in total. The average Bonchev–Trinajstić information content (AvgIpc) is 3.22. The molecule has 1 aliphatic rings. The molecule has 0 unspecified atom stereocenters. The molecule has 0 fully saturated rings. The molecular weight excluding hydrogens is 378 g/mol. The Kier molecular flexibility index (Phi) is 4.93. The van der Waals surface area contributed by atoms with Crippen LogP contribution in [0.5, 0.6) is 11.5 Å². The number of carbonyl (C=O) groups is 1. The number of benzene rings is 2. The van der Waals surface area contributed by atoms with Crippen molar-refractivity contribution in [2.75, 3.05) is 6.61 Å². The van der Waals surface area contributed by atoms with Crippen molar-refractivity contribution in [1.82, 2.24) is 5.43 Å². The summed E-state index contributed by atoms with van der Waals surface area (Å²) in [6.45, 7) is 0.0867. The van der Waals surface area contributed by atoms with Crippen molar-refractivity contribution >= 4 is 17.8 Å². The quantitative estimate of drug-likeness (QED) is 0.404. The largest absolute Gasteiger partial charge is 0.485 e. The molecule has 4 rings (SSSR count). The van der Waals surface area contributed by atoms with E-state index in [2.05, 4.69) is 10.5 Å². The minimum absolute atomic E-state index is 0.00124. The first-order chi connectivity index (χ1) is 14.1. The lowest BCUT2D eigenvalue weighted by Crippen LogP contribution is -2.42. The lowest BCUT2D eigenvalue weighted by atomic mass is 10.1. The molecule has 29 heavy (non-hydrogen) atoms. The molecule has 3 aromatic rings. The standard InChI is InChI=1S/C20H15N3O6/c24-20(19-12-27-17-3-1-2-4-18(17)29-19)22-21-11-15-9-10-16(28-15)13-5-7-14(8-6-13)23(25)26/h1-11,19H,12H2,(H,22,24)/b21-11-/t19-/m0/s1. The predicted octanol–water partition coefficient (Wildman–Crippen LogP) is 3.14. The summed E-state index contributed by atoms with van der Waals surface area (Å²) >= 11 is 0. The zero-order chi connectivity index (χ0) is 20.2. The third-order valence-corrected chi connectivity index (χ3v) is 4.16. The van der Waals surface area contributed by atoms with Gasteiger partial charge in [-0.1, -0.05) is 12.1 Å². The Morgan fingerprint density at radius 3 is 2.62 bits per heavy atom. The van der Waals surface area contributed by atoms with Crippen LogP contribution in [0.1, 0.15) is 5.76 Å². The highest BCUT2D eigenvalue weighted by molar-refractivity contribution is 5.84. The molecule has 9 heteroatoms. The Labute approximate surface area is 164 Å². The van der Waals surface area contributed by atoms with E-state index < -0.39 is 16.9 Å². The number of nitro benzene ring substituents is 1. The van der Waals surface area contributed by atoms with Crippen LogP contribution in [0.15, 0.2) is 70.2 Å². The number of carbonyl (C=O) groups excluding carboxylic acids is 1. The Morgan fingerprint density at radius 1 is 1.10 bits per heavy atom. The summed E-state index contributed by atoms with van der Waals surface area (Å²) in [7, 11) is 0. The van der Waals surface area contributed by atoms with Crippen LogP contribution in [-0.2, 0) is 4.79 Å². The molecule has 0 bridgehead atoms. The van der Waals surface area contributed by atoms with Gasteiger partial charge in [-0.15, -0.1) is 0 Å². The number of furan rings is 1. The first-order valence-corrected chi connectivity index (χ1v) is 8.66. The van der Waals surface area contributed by atoms with Gasteiger partial charge in [0.05, 0.1) is 11.1 Å². The van der Waals surface area contributed by atoms with Gasteiger partial charge in [-0.2, -0.15) is 5.10 Å². The van der Waals surface area contributed by atoms with Gasteiger partial charge in [-0.25, -0.2) is 5.43 Å². The Bertz CT molecular complexity index is 1070. The van der Waals surface area contributed by atoms with Gasteiger partial charge in [0.25, 0.3) is 11.6 Å². The number of hydrogen-bond acceptors (Lipinski definition) is 7. The Morgan fingerprint density at radius 2 is 1.86 bits per heavy atom. The van der Waals surface area contributed by atoms with Crippen LogP contribution < -0.4 is 14.9 Å². The maximum absolute atomic E-state index is 12.2.